The highest BCUT2D eigenvalue weighted by Crippen LogP contribution is 2.39. The van der Waals surface area contributed by atoms with Gasteiger partial charge in [0.1, 0.15) is 17.1 Å². The minimum Gasteiger partial charge on any atom is -0.508 e. The predicted octanol–water partition coefficient (Wildman–Crippen LogP) is 3.78. The van der Waals surface area contributed by atoms with Crippen LogP contribution < -0.4 is 10.1 Å². The number of hydrogen-bond acceptors (Lipinski definition) is 3. The molecule has 0 aromatic heterocycles. The van der Waals surface area contributed by atoms with E-state index >= 15 is 0 Å². The minimum absolute atomic E-state index is 0.190. The Morgan fingerprint density at radius 3 is 2.67 bits per heavy atom. The summed E-state index contributed by atoms with van der Waals surface area (Å²) in [6.07, 6.45) is 0.900. The van der Waals surface area contributed by atoms with Crippen LogP contribution in [0.3, 0.4) is 0 Å². The molecule has 2 N–H and O–H groups in total. The molecule has 0 amide bonds. The minimum atomic E-state index is -0.190. The van der Waals surface area contributed by atoms with Gasteiger partial charge in [0, 0.05) is 30.1 Å². The number of para-hydroxylation sites is 2. The van der Waals surface area contributed by atoms with E-state index in [0.717, 1.165) is 17.7 Å². The maximum Gasteiger partial charge on any atom is 0.124 e. The number of phenolic OH excluding ortho intramolecular Hbond substituents is 1. The Kier molecular flexibility index (Phi) is 3.60. The smallest absolute Gasteiger partial charge is 0.124 e. The molecule has 0 fully saturated rings. The highest BCUT2D eigenvalue weighted by atomic mass is 16.5. The maximum absolute atomic E-state index is 9.87. The second kappa shape index (κ2) is 5.41. The molecule has 0 aliphatic carbocycles. The van der Waals surface area contributed by atoms with Crippen LogP contribution >= 0.6 is 0 Å². The summed E-state index contributed by atoms with van der Waals surface area (Å²) in [5.41, 5.74) is 1.91. The lowest BCUT2D eigenvalue weighted by molar-refractivity contribution is 0.0657. The van der Waals surface area contributed by atoms with Crippen LogP contribution in [0.4, 0.5) is 0 Å². The lowest BCUT2D eigenvalue weighted by atomic mass is 9.89. The van der Waals surface area contributed by atoms with Crippen LogP contribution in [0.2, 0.25) is 0 Å². The Hall–Kier alpha value is -2.00. The van der Waals surface area contributed by atoms with Crippen molar-refractivity contribution in [1.82, 2.24) is 5.32 Å². The third-order valence-corrected chi connectivity index (χ3v) is 3.91. The number of ether oxygens (including phenoxy) is 1. The van der Waals surface area contributed by atoms with Crippen LogP contribution in [0.5, 0.6) is 11.5 Å². The van der Waals surface area contributed by atoms with Crippen molar-refractivity contribution in [2.45, 2.75) is 38.5 Å². The molecule has 3 heteroatoms. The fourth-order valence-corrected chi connectivity index (χ4v) is 2.88. The molecule has 3 nitrogen and oxygen atoms in total. The van der Waals surface area contributed by atoms with Gasteiger partial charge in [0.2, 0.25) is 0 Å². The van der Waals surface area contributed by atoms with Crippen LogP contribution in [0.25, 0.3) is 0 Å². The van der Waals surface area contributed by atoms with Gasteiger partial charge in [-0.25, -0.2) is 0 Å². The molecule has 1 aliphatic rings. The molecule has 110 valence electrons. The Morgan fingerprint density at radius 1 is 1.14 bits per heavy atom. The molecule has 0 bridgehead atoms. The standard InChI is InChI=1S/C18H21NO2/c1-18(2)11-15(14-8-4-6-10-17(14)21-18)19-12-13-7-3-5-9-16(13)20/h3-10,15,19-20H,11-12H2,1-2H3. The normalized spacial score (nSPS) is 19.6. The number of hydrogen-bond donors (Lipinski definition) is 2. The van der Waals surface area contributed by atoms with E-state index in [9.17, 15) is 5.11 Å². The molecule has 3 rings (SSSR count). The second-order valence-electron chi connectivity index (χ2n) is 6.17. The zero-order valence-electron chi connectivity index (χ0n) is 12.5. The first-order chi connectivity index (χ1) is 10.1. The molecule has 0 saturated heterocycles. The molecular weight excluding hydrogens is 262 g/mol. The van der Waals surface area contributed by atoms with Crippen molar-refractivity contribution >= 4 is 0 Å². The van der Waals surface area contributed by atoms with Crippen LogP contribution in [0, 0.1) is 0 Å². The fourth-order valence-electron chi connectivity index (χ4n) is 2.88. The molecule has 1 heterocycles. The summed E-state index contributed by atoms with van der Waals surface area (Å²) in [6.45, 7) is 4.86. The third-order valence-electron chi connectivity index (χ3n) is 3.91. The first-order valence-electron chi connectivity index (χ1n) is 7.33. The van der Waals surface area contributed by atoms with E-state index < -0.39 is 0 Å². The molecule has 0 radical (unpaired) electrons. The molecule has 21 heavy (non-hydrogen) atoms. The van der Waals surface area contributed by atoms with Gasteiger partial charge in [-0.2, -0.15) is 0 Å². The number of nitrogens with one attached hydrogen (secondary N) is 1. The van der Waals surface area contributed by atoms with E-state index in [1.54, 1.807) is 6.07 Å². The Bertz CT molecular complexity index is 637. The van der Waals surface area contributed by atoms with Crippen molar-refractivity contribution < 1.29 is 9.84 Å². The SMILES string of the molecule is CC1(C)CC(NCc2ccccc2O)c2ccccc2O1. The molecular formula is C18H21NO2. The van der Waals surface area contributed by atoms with Gasteiger partial charge in [0.25, 0.3) is 0 Å². The zero-order chi connectivity index (χ0) is 14.9. The van der Waals surface area contributed by atoms with Crippen molar-refractivity contribution in [2.24, 2.45) is 0 Å². The van der Waals surface area contributed by atoms with Crippen molar-refractivity contribution in [3.63, 3.8) is 0 Å². The average Bonchev–Trinajstić information content (AvgIpc) is 2.45. The van der Waals surface area contributed by atoms with Gasteiger partial charge in [-0.1, -0.05) is 36.4 Å². The zero-order valence-corrected chi connectivity index (χ0v) is 12.5. The van der Waals surface area contributed by atoms with Crippen LogP contribution in [0.1, 0.15) is 37.4 Å². The van der Waals surface area contributed by atoms with Crippen LogP contribution in [-0.4, -0.2) is 10.7 Å². The monoisotopic (exact) mass is 283 g/mol. The first-order valence-corrected chi connectivity index (χ1v) is 7.33. The first kappa shape index (κ1) is 14.0. The summed E-state index contributed by atoms with van der Waals surface area (Å²) in [4.78, 5) is 0. The molecule has 0 saturated carbocycles. The fraction of sp³-hybridized carbons (Fsp3) is 0.333. The van der Waals surface area contributed by atoms with E-state index in [-0.39, 0.29) is 11.6 Å². The Balaban J connectivity index is 1.80. The van der Waals surface area contributed by atoms with E-state index in [1.165, 1.54) is 5.56 Å². The van der Waals surface area contributed by atoms with Gasteiger partial charge >= 0.3 is 0 Å². The van der Waals surface area contributed by atoms with Gasteiger partial charge in [0.15, 0.2) is 0 Å². The lowest BCUT2D eigenvalue weighted by Gasteiger charge is -2.38. The average molecular weight is 283 g/mol. The third kappa shape index (κ3) is 3.03. The largest absolute Gasteiger partial charge is 0.508 e. The number of phenols is 1. The highest BCUT2D eigenvalue weighted by molar-refractivity contribution is 5.39. The number of benzene rings is 2. The summed E-state index contributed by atoms with van der Waals surface area (Å²) >= 11 is 0. The Morgan fingerprint density at radius 2 is 1.86 bits per heavy atom. The Labute approximate surface area is 125 Å². The summed E-state index contributed by atoms with van der Waals surface area (Å²) in [6, 6.07) is 15.8. The van der Waals surface area contributed by atoms with Crippen LogP contribution in [0.15, 0.2) is 48.5 Å². The van der Waals surface area contributed by atoms with E-state index in [0.29, 0.717) is 12.3 Å². The molecule has 0 spiro atoms. The topological polar surface area (TPSA) is 41.5 Å². The van der Waals surface area contributed by atoms with Gasteiger partial charge in [-0.3, -0.25) is 0 Å². The number of rotatable bonds is 3. The lowest BCUT2D eigenvalue weighted by Crippen LogP contribution is -2.39. The van der Waals surface area contributed by atoms with E-state index in [1.807, 2.05) is 36.4 Å². The van der Waals surface area contributed by atoms with E-state index in [4.69, 9.17) is 4.74 Å². The molecule has 1 atom stereocenters. The summed E-state index contributed by atoms with van der Waals surface area (Å²) < 4.78 is 6.04. The maximum atomic E-state index is 9.87. The summed E-state index contributed by atoms with van der Waals surface area (Å²) in [5.74, 6) is 1.29. The molecule has 1 aliphatic heterocycles. The van der Waals surface area contributed by atoms with Gasteiger partial charge < -0.3 is 15.2 Å². The molecule has 1 unspecified atom stereocenters. The molecule has 2 aromatic carbocycles. The van der Waals surface area contributed by atoms with Crippen molar-refractivity contribution in [2.75, 3.05) is 0 Å². The van der Waals surface area contributed by atoms with Gasteiger partial charge in [-0.05, 0) is 26.0 Å². The summed E-state index contributed by atoms with van der Waals surface area (Å²) in [5, 5.41) is 13.4. The van der Waals surface area contributed by atoms with E-state index in [2.05, 4.69) is 25.2 Å². The van der Waals surface area contributed by atoms with Crippen molar-refractivity contribution in [3.8, 4) is 11.5 Å². The number of fused-ring (bicyclic) bond motifs is 1. The second-order valence-corrected chi connectivity index (χ2v) is 6.17. The summed E-state index contributed by atoms with van der Waals surface area (Å²) in [7, 11) is 0. The van der Waals surface area contributed by atoms with Gasteiger partial charge in [-0.15, -0.1) is 0 Å². The molecule has 2 aromatic rings. The number of aromatic hydroxyl groups is 1. The van der Waals surface area contributed by atoms with Crippen LogP contribution in [-0.2, 0) is 6.54 Å². The highest BCUT2D eigenvalue weighted by Gasteiger charge is 2.33. The van der Waals surface area contributed by atoms with Crippen molar-refractivity contribution in [1.29, 1.82) is 0 Å². The van der Waals surface area contributed by atoms with Crippen molar-refractivity contribution in [3.05, 3.63) is 59.7 Å². The quantitative estimate of drug-likeness (QED) is 0.900. The predicted molar refractivity (Wildman–Crippen MR) is 83.5 cm³/mol. The van der Waals surface area contributed by atoms with Gasteiger partial charge in [0.05, 0.1) is 0 Å².